The van der Waals surface area contributed by atoms with Gasteiger partial charge in [0.1, 0.15) is 0 Å². The lowest BCUT2D eigenvalue weighted by atomic mass is 10.2. The Hall–Kier alpha value is -0.700. The minimum absolute atomic E-state index is 0.859. The van der Waals surface area contributed by atoms with Crippen LogP contribution in [0.3, 0.4) is 0 Å². The Bertz CT molecular complexity index is 286. The molecule has 1 N–H and O–H groups in total. The third-order valence-electron chi connectivity index (χ3n) is 1.76. The SMILES string of the molecule is CNc1ccc(C)c(Br)c1OC. The number of nitrogens with one attached hydrogen (secondary N) is 1. The molecule has 1 rings (SSSR count). The largest absolute Gasteiger partial charge is 0.493 e. The third kappa shape index (κ3) is 1.55. The average molecular weight is 230 g/mol. The molecule has 0 unspecified atom stereocenters. The Balaban J connectivity index is 3.25. The quantitative estimate of drug-likeness (QED) is 0.843. The van der Waals surface area contributed by atoms with Crippen LogP contribution in [-0.4, -0.2) is 14.2 Å². The first kappa shape index (κ1) is 9.39. The normalized spacial score (nSPS) is 9.67. The molecular weight excluding hydrogens is 218 g/mol. The number of benzene rings is 1. The highest BCUT2D eigenvalue weighted by Crippen LogP contribution is 2.35. The van der Waals surface area contributed by atoms with Crippen LogP contribution in [-0.2, 0) is 0 Å². The van der Waals surface area contributed by atoms with E-state index in [1.54, 1.807) is 7.11 Å². The average Bonchev–Trinajstić information content (AvgIpc) is 2.09. The lowest BCUT2D eigenvalue weighted by molar-refractivity contribution is 0.413. The summed E-state index contributed by atoms with van der Waals surface area (Å²) in [5.74, 6) is 0.859. The molecule has 0 radical (unpaired) electrons. The lowest BCUT2D eigenvalue weighted by Gasteiger charge is -2.11. The second-order valence-electron chi connectivity index (χ2n) is 2.53. The van der Waals surface area contributed by atoms with E-state index in [1.165, 1.54) is 5.56 Å². The van der Waals surface area contributed by atoms with Gasteiger partial charge in [0.2, 0.25) is 0 Å². The fourth-order valence-electron chi connectivity index (χ4n) is 1.05. The van der Waals surface area contributed by atoms with Crippen LogP contribution in [0.4, 0.5) is 5.69 Å². The molecule has 0 bridgehead atoms. The molecule has 0 aliphatic heterocycles. The van der Waals surface area contributed by atoms with E-state index in [1.807, 2.05) is 26.1 Å². The first-order chi connectivity index (χ1) is 5.70. The molecule has 0 saturated heterocycles. The number of ether oxygens (including phenoxy) is 1. The summed E-state index contributed by atoms with van der Waals surface area (Å²) in [7, 11) is 3.54. The van der Waals surface area contributed by atoms with Crippen molar-refractivity contribution in [2.75, 3.05) is 19.5 Å². The molecule has 1 aromatic rings. The van der Waals surface area contributed by atoms with E-state index in [4.69, 9.17) is 4.74 Å². The zero-order chi connectivity index (χ0) is 9.14. The molecule has 0 heterocycles. The molecule has 1 aromatic carbocycles. The Morgan fingerprint density at radius 3 is 2.58 bits per heavy atom. The Labute approximate surface area is 81.1 Å². The van der Waals surface area contributed by atoms with Gasteiger partial charge in [-0.05, 0) is 34.5 Å². The summed E-state index contributed by atoms with van der Waals surface area (Å²) in [6.45, 7) is 2.03. The summed E-state index contributed by atoms with van der Waals surface area (Å²) in [4.78, 5) is 0. The predicted octanol–water partition coefficient (Wildman–Crippen LogP) is 2.81. The van der Waals surface area contributed by atoms with Gasteiger partial charge in [-0.15, -0.1) is 0 Å². The zero-order valence-electron chi connectivity index (χ0n) is 7.44. The Morgan fingerprint density at radius 2 is 2.08 bits per heavy atom. The molecule has 0 amide bonds. The monoisotopic (exact) mass is 229 g/mol. The van der Waals surface area contributed by atoms with Gasteiger partial charge < -0.3 is 10.1 Å². The van der Waals surface area contributed by atoms with E-state index in [9.17, 15) is 0 Å². The molecule has 12 heavy (non-hydrogen) atoms. The van der Waals surface area contributed by atoms with Crippen LogP contribution in [0.2, 0.25) is 0 Å². The molecule has 0 saturated carbocycles. The number of methoxy groups -OCH3 is 1. The van der Waals surface area contributed by atoms with Gasteiger partial charge in [0.05, 0.1) is 17.3 Å². The second kappa shape index (κ2) is 3.81. The van der Waals surface area contributed by atoms with Crippen molar-refractivity contribution in [1.29, 1.82) is 0 Å². The summed E-state index contributed by atoms with van der Waals surface area (Å²) in [6.07, 6.45) is 0. The van der Waals surface area contributed by atoms with Gasteiger partial charge in [0.15, 0.2) is 5.75 Å². The summed E-state index contributed by atoms with van der Waals surface area (Å²) in [5.41, 5.74) is 2.17. The van der Waals surface area contributed by atoms with Crippen molar-refractivity contribution < 1.29 is 4.74 Å². The maximum Gasteiger partial charge on any atom is 0.156 e. The number of hydrogen-bond acceptors (Lipinski definition) is 2. The molecule has 2 nitrogen and oxygen atoms in total. The molecule has 3 heteroatoms. The fourth-order valence-corrected chi connectivity index (χ4v) is 1.56. The van der Waals surface area contributed by atoms with Gasteiger partial charge in [-0.3, -0.25) is 0 Å². The molecule has 0 aromatic heterocycles. The highest BCUT2D eigenvalue weighted by atomic mass is 79.9. The van der Waals surface area contributed by atoms with Gasteiger partial charge in [-0.2, -0.15) is 0 Å². The number of anilines is 1. The standard InChI is InChI=1S/C9H12BrNO/c1-6-4-5-7(11-2)9(12-3)8(6)10/h4-5,11H,1-3H3. The number of halogens is 1. The van der Waals surface area contributed by atoms with Gasteiger partial charge >= 0.3 is 0 Å². The molecule has 66 valence electrons. The van der Waals surface area contributed by atoms with E-state index < -0.39 is 0 Å². The van der Waals surface area contributed by atoms with Crippen molar-refractivity contribution in [3.63, 3.8) is 0 Å². The minimum atomic E-state index is 0.859. The first-order valence-electron chi connectivity index (χ1n) is 3.71. The van der Waals surface area contributed by atoms with E-state index in [0.29, 0.717) is 0 Å². The smallest absolute Gasteiger partial charge is 0.156 e. The van der Waals surface area contributed by atoms with Crippen LogP contribution in [0.15, 0.2) is 16.6 Å². The summed E-state index contributed by atoms with van der Waals surface area (Å²) in [5, 5.41) is 3.06. The summed E-state index contributed by atoms with van der Waals surface area (Å²) >= 11 is 3.47. The Kier molecular flexibility index (Phi) is 2.98. The van der Waals surface area contributed by atoms with Gasteiger partial charge in [0.25, 0.3) is 0 Å². The van der Waals surface area contributed by atoms with Gasteiger partial charge in [-0.1, -0.05) is 6.07 Å². The van der Waals surface area contributed by atoms with Crippen molar-refractivity contribution >= 4 is 21.6 Å². The first-order valence-corrected chi connectivity index (χ1v) is 4.51. The van der Waals surface area contributed by atoms with E-state index in [2.05, 4.69) is 21.2 Å². The minimum Gasteiger partial charge on any atom is -0.493 e. The van der Waals surface area contributed by atoms with Crippen molar-refractivity contribution in [3.8, 4) is 5.75 Å². The molecule has 0 spiro atoms. The molecule has 0 fully saturated rings. The molecule has 0 aliphatic carbocycles. The molecule has 0 aliphatic rings. The van der Waals surface area contributed by atoms with Crippen molar-refractivity contribution in [1.82, 2.24) is 0 Å². The summed E-state index contributed by atoms with van der Waals surface area (Å²) in [6, 6.07) is 4.04. The van der Waals surface area contributed by atoms with E-state index in [-0.39, 0.29) is 0 Å². The number of hydrogen-bond donors (Lipinski definition) is 1. The lowest BCUT2D eigenvalue weighted by Crippen LogP contribution is -1.95. The van der Waals surface area contributed by atoms with Crippen molar-refractivity contribution in [3.05, 3.63) is 22.2 Å². The highest BCUT2D eigenvalue weighted by Gasteiger charge is 2.07. The maximum atomic E-state index is 5.24. The van der Waals surface area contributed by atoms with Crippen LogP contribution in [0.1, 0.15) is 5.56 Å². The van der Waals surface area contributed by atoms with Crippen LogP contribution >= 0.6 is 15.9 Å². The van der Waals surface area contributed by atoms with Crippen LogP contribution in [0.25, 0.3) is 0 Å². The van der Waals surface area contributed by atoms with Crippen LogP contribution in [0, 0.1) is 6.92 Å². The van der Waals surface area contributed by atoms with Gasteiger partial charge in [0, 0.05) is 7.05 Å². The van der Waals surface area contributed by atoms with Gasteiger partial charge in [-0.25, -0.2) is 0 Å². The summed E-state index contributed by atoms with van der Waals surface area (Å²) < 4.78 is 6.25. The maximum absolute atomic E-state index is 5.24. The van der Waals surface area contributed by atoms with Crippen LogP contribution in [0.5, 0.6) is 5.75 Å². The topological polar surface area (TPSA) is 21.3 Å². The van der Waals surface area contributed by atoms with Crippen molar-refractivity contribution in [2.45, 2.75) is 6.92 Å². The second-order valence-corrected chi connectivity index (χ2v) is 3.32. The fraction of sp³-hybridized carbons (Fsp3) is 0.333. The molecular formula is C9H12BrNO. The number of rotatable bonds is 2. The highest BCUT2D eigenvalue weighted by molar-refractivity contribution is 9.10. The van der Waals surface area contributed by atoms with Crippen molar-refractivity contribution in [2.24, 2.45) is 0 Å². The number of aryl methyl sites for hydroxylation is 1. The predicted molar refractivity (Wildman–Crippen MR) is 55.0 cm³/mol. The van der Waals surface area contributed by atoms with Crippen LogP contribution < -0.4 is 10.1 Å². The Morgan fingerprint density at radius 1 is 1.42 bits per heavy atom. The molecule has 0 atom stereocenters. The van der Waals surface area contributed by atoms with E-state index in [0.717, 1.165) is 15.9 Å². The third-order valence-corrected chi connectivity index (χ3v) is 2.75. The zero-order valence-corrected chi connectivity index (χ0v) is 9.03. The van der Waals surface area contributed by atoms with E-state index >= 15 is 0 Å².